The maximum absolute atomic E-state index is 11.5. The van der Waals surface area contributed by atoms with Gasteiger partial charge in [-0.1, -0.05) is 67.7 Å². The Labute approximate surface area is 252 Å². The van der Waals surface area contributed by atoms with E-state index in [2.05, 4.69) is 49.4 Å². The molecule has 1 N–H and O–H groups in total. The average molecular weight is 720 g/mol. The molecule has 216 valence electrons. The Hall–Kier alpha value is -2.52. The molecule has 2 atom stereocenters. The number of rotatable bonds is 1. The Balaban J connectivity index is 0.000000229. The first kappa shape index (κ1) is 30.4. The van der Waals surface area contributed by atoms with Crippen LogP contribution in [0.3, 0.4) is 0 Å². The van der Waals surface area contributed by atoms with E-state index in [1.165, 1.54) is 30.9 Å². The third kappa shape index (κ3) is 5.51. The van der Waals surface area contributed by atoms with E-state index >= 15 is 0 Å². The van der Waals surface area contributed by atoms with Crippen molar-refractivity contribution in [2.45, 2.75) is 98.8 Å². The zero-order chi connectivity index (χ0) is 28.5. The van der Waals surface area contributed by atoms with Crippen molar-refractivity contribution in [3.63, 3.8) is 0 Å². The molecule has 0 saturated heterocycles. The van der Waals surface area contributed by atoms with Crippen molar-refractivity contribution in [3.05, 3.63) is 65.2 Å². The third-order valence-electron chi connectivity index (χ3n) is 8.11. The summed E-state index contributed by atoms with van der Waals surface area (Å²) in [6, 6.07) is 14.2. The largest absolute Gasteiger partial charge is 0.512 e. The number of carbonyl (C=O) groups is 1. The number of hydrogen-bond acceptors (Lipinski definition) is 4. The summed E-state index contributed by atoms with van der Waals surface area (Å²) in [5.41, 5.74) is 6.58. The molecule has 2 aromatic carbocycles. The summed E-state index contributed by atoms with van der Waals surface area (Å²) in [7, 11) is 0. The SMILES string of the molecule is CC(C)(C)C(=O)C=C(O)C(C)(C)C.CC(C)(C)c1nc2ccc[c-]c2c2nc3cc4c(cc3n12)C1CCC4C1.[Pt]. The Morgan fingerprint density at radius 1 is 0.950 bits per heavy atom. The average Bonchev–Trinajstić information content (AvgIpc) is 3.54. The quantitative estimate of drug-likeness (QED) is 0.122. The van der Waals surface area contributed by atoms with Gasteiger partial charge in [0.15, 0.2) is 5.78 Å². The minimum atomic E-state index is -0.417. The van der Waals surface area contributed by atoms with Crippen LogP contribution in [-0.2, 0) is 31.3 Å². The first-order valence-electron chi connectivity index (χ1n) is 14.2. The summed E-state index contributed by atoms with van der Waals surface area (Å²) in [4.78, 5) is 21.6. The normalized spacial score (nSPS) is 19.0. The second kappa shape index (κ2) is 10.4. The fourth-order valence-corrected chi connectivity index (χ4v) is 5.72. The van der Waals surface area contributed by atoms with E-state index in [0.717, 1.165) is 39.7 Å². The Bertz CT molecular complexity index is 1630. The summed E-state index contributed by atoms with van der Waals surface area (Å²) >= 11 is 0. The number of fused-ring (bicyclic) bond motifs is 10. The number of nitrogens with zero attached hydrogens (tertiary/aromatic N) is 3. The van der Waals surface area contributed by atoms with Crippen LogP contribution in [0, 0.1) is 16.9 Å². The first-order valence-corrected chi connectivity index (χ1v) is 14.2. The maximum Gasteiger partial charge on any atom is 0.164 e. The zero-order valence-corrected chi connectivity index (χ0v) is 27.5. The van der Waals surface area contributed by atoms with Crippen LogP contribution >= 0.6 is 0 Å². The summed E-state index contributed by atoms with van der Waals surface area (Å²) < 4.78 is 2.29. The van der Waals surface area contributed by atoms with Crippen molar-refractivity contribution in [3.8, 4) is 0 Å². The van der Waals surface area contributed by atoms with Gasteiger partial charge in [0.05, 0.1) is 16.7 Å². The van der Waals surface area contributed by atoms with E-state index in [4.69, 9.17) is 9.97 Å². The number of aliphatic hydroxyl groups is 1. The fraction of sp³-hybridized carbons (Fsp3) is 0.500. The predicted octanol–water partition coefficient (Wildman–Crippen LogP) is 8.59. The summed E-state index contributed by atoms with van der Waals surface area (Å²) in [6.45, 7) is 17.8. The Morgan fingerprint density at radius 3 is 2.15 bits per heavy atom. The number of imidazole rings is 1. The smallest absolute Gasteiger partial charge is 0.164 e. The van der Waals surface area contributed by atoms with Gasteiger partial charge >= 0.3 is 0 Å². The number of aromatic nitrogens is 3. The van der Waals surface area contributed by atoms with Crippen molar-refractivity contribution >= 4 is 33.4 Å². The van der Waals surface area contributed by atoms with Crippen molar-refractivity contribution in [1.82, 2.24) is 14.4 Å². The van der Waals surface area contributed by atoms with Gasteiger partial charge in [0.1, 0.15) is 11.6 Å². The van der Waals surface area contributed by atoms with E-state index in [1.54, 1.807) is 11.1 Å². The van der Waals surface area contributed by atoms with Crippen molar-refractivity contribution in [1.29, 1.82) is 0 Å². The molecule has 1 fully saturated rings. The Morgan fingerprint density at radius 2 is 1.57 bits per heavy atom. The molecule has 4 aromatic rings. The fourth-order valence-electron chi connectivity index (χ4n) is 5.72. The molecule has 6 rings (SSSR count). The molecule has 2 aliphatic rings. The molecule has 5 nitrogen and oxygen atoms in total. The van der Waals surface area contributed by atoms with Gasteiger partial charge in [-0.15, -0.1) is 24.3 Å². The van der Waals surface area contributed by atoms with E-state index in [0.29, 0.717) is 0 Å². The molecule has 40 heavy (non-hydrogen) atoms. The van der Waals surface area contributed by atoms with Gasteiger partial charge in [0.25, 0.3) is 0 Å². The van der Waals surface area contributed by atoms with Crippen LogP contribution in [-0.4, -0.2) is 25.3 Å². The minimum Gasteiger partial charge on any atom is -0.512 e. The third-order valence-corrected chi connectivity index (χ3v) is 8.11. The molecule has 6 heteroatoms. The van der Waals surface area contributed by atoms with E-state index in [1.807, 2.05) is 53.7 Å². The topological polar surface area (TPSA) is 67.5 Å². The van der Waals surface area contributed by atoms with Gasteiger partial charge in [-0.05, 0) is 59.9 Å². The van der Waals surface area contributed by atoms with Gasteiger partial charge in [-0.3, -0.25) is 14.8 Å². The van der Waals surface area contributed by atoms with Crippen LogP contribution in [0.2, 0.25) is 0 Å². The summed E-state index contributed by atoms with van der Waals surface area (Å²) in [5, 5.41) is 10.6. The molecule has 2 unspecified atom stereocenters. The maximum atomic E-state index is 11.5. The van der Waals surface area contributed by atoms with Crippen molar-refractivity contribution in [2.75, 3.05) is 0 Å². The van der Waals surface area contributed by atoms with Crippen LogP contribution in [0.15, 0.2) is 42.2 Å². The zero-order valence-electron chi connectivity index (χ0n) is 25.3. The number of benzene rings is 2. The van der Waals surface area contributed by atoms with Gasteiger partial charge in [-0.2, -0.15) is 0 Å². The van der Waals surface area contributed by atoms with E-state index in [-0.39, 0.29) is 43.4 Å². The number of carbonyl (C=O) groups excluding carboxylic acids is 1. The van der Waals surface area contributed by atoms with Gasteiger partial charge < -0.3 is 9.51 Å². The van der Waals surface area contributed by atoms with Gasteiger partial charge in [0.2, 0.25) is 0 Å². The molecule has 2 bridgehead atoms. The van der Waals surface area contributed by atoms with Crippen molar-refractivity contribution < 1.29 is 31.0 Å². The second-order valence-electron chi connectivity index (χ2n) is 14.5. The summed E-state index contributed by atoms with van der Waals surface area (Å²) in [5.74, 6) is 2.69. The molecule has 2 heterocycles. The second-order valence-corrected chi connectivity index (χ2v) is 14.5. The molecule has 2 aromatic heterocycles. The van der Waals surface area contributed by atoms with Crippen molar-refractivity contribution in [2.24, 2.45) is 10.8 Å². The van der Waals surface area contributed by atoms with Crippen LogP contribution in [0.1, 0.15) is 110 Å². The number of aliphatic hydroxyl groups excluding tert-OH is 1. The monoisotopic (exact) mass is 719 g/mol. The van der Waals surface area contributed by atoms with Gasteiger partial charge in [-0.25, -0.2) is 0 Å². The first-order chi connectivity index (χ1) is 18.1. The molecule has 0 radical (unpaired) electrons. The molecule has 1 saturated carbocycles. The number of allylic oxidation sites excluding steroid dienone is 2. The van der Waals surface area contributed by atoms with Crippen LogP contribution in [0.4, 0.5) is 0 Å². The molecule has 0 spiro atoms. The van der Waals surface area contributed by atoms with Crippen LogP contribution in [0.5, 0.6) is 0 Å². The van der Waals surface area contributed by atoms with Crippen LogP contribution < -0.4 is 0 Å². The van der Waals surface area contributed by atoms with E-state index in [9.17, 15) is 9.90 Å². The van der Waals surface area contributed by atoms with Gasteiger partial charge in [0, 0.05) is 43.4 Å². The number of hydrogen-bond donors (Lipinski definition) is 1. The van der Waals surface area contributed by atoms with Crippen LogP contribution in [0.25, 0.3) is 27.6 Å². The standard InChI is InChI=1S/C23H22N3.C11H20O2.Pt/c1-23(2,3)22-25-18-7-5-4-6-15(18)21-24-19-11-16-13-8-9-14(10-13)17(16)12-20(19)26(21)22;1-10(2,3)8(12)7-9(13)11(4,5)6;/h4-5,7,11-14H,8-10H2,1-3H3;7,12H,1-6H3;/q-1;;. The predicted molar refractivity (Wildman–Crippen MR) is 159 cm³/mol. The number of ketones is 1. The summed E-state index contributed by atoms with van der Waals surface area (Å²) in [6.07, 6.45) is 5.37. The van der Waals surface area contributed by atoms with E-state index < -0.39 is 5.41 Å². The molecule has 0 aliphatic heterocycles. The Kier molecular flexibility index (Phi) is 7.91. The molecule has 0 amide bonds. The molecular formula is C34H42N3O2Pt-. The minimum absolute atomic E-state index is 0. The molecule has 2 aliphatic carbocycles. The molecular weight excluding hydrogens is 677 g/mol.